The second-order valence-corrected chi connectivity index (χ2v) is 1.04. The van der Waals surface area contributed by atoms with Crippen LogP contribution in [0.2, 0.25) is 0 Å². The van der Waals surface area contributed by atoms with Gasteiger partial charge in [-0.2, -0.15) is 19.1 Å². The van der Waals surface area contributed by atoms with E-state index >= 15 is 0 Å². The Labute approximate surface area is 43.7 Å². The Hall–Kier alpha value is -0.710. The molecule has 0 amide bonds. The molecule has 0 saturated carbocycles. The quantitative estimate of drug-likeness (QED) is 0.420. The van der Waals surface area contributed by atoms with Crippen LogP contribution in [0.15, 0.2) is 12.3 Å². The standard InChI is InChI=1S/C3H4F3NO/c1-2(8-7)3(4,5)6/h1,7H2. The molecule has 48 valence electrons. The van der Waals surface area contributed by atoms with Gasteiger partial charge >= 0.3 is 6.18 Å². The maximum absolute atomic E-state index is 11.1. The largest absolute Gasteiger partial charge is 0.450 e. The molecule has 0 rings (SSSR count). The first-order valence-corrected chi connectivity index (χ1v) is 1.61. The number of hydrogen-bond donors (Lipinski definition) is 1. The molecule has 0 unspecified atom stereocenters. The fraction of sp³-hybridized carbons (Fsp3) is 0.333. The molecule has 2 N–H and O–H groups in total. The molecule has 0 radical (unpaired) electrons. The maximum Gasteiger partial charge on any atom is 0.450 e. The highest BCUT2D eigenvalue weighted by atomic mass is 19.4. The van der Waals surface area contributed by atoms with E-state index in [2.05, 4.69) is 17.3 Å². The van der Waals surface area contributed by atoms with E-state index < -0.39 is 11.9 Å². The lowest BCUT2D eigenvalue weighted by Gasteiger charge is -2.04. The van der Waals surface area contributed by atoms with Crippen molar-refractivity contribution < 1.29 is 18.0 Å². The zero-order chi connectivity index (χ0) is 6.78. The highest BCUT2D eigenvalue weighted by molar-refractivity contribution is 4.90. The summed E-state index contributed by atoms with van der Waals surface area (Å²) in [6, 6.07) is 0. The molecule has 0 heterocycles. The van der Waals surface area contributed by atoms with Gasteiger partial charge in [-0.05, 0) is 6.58 Å². The minimum atomic E-state index is -4.53. The average Bonchev–Trinajstić information content (AvgIpc) is 1.62. The van der Waals surface area contributed by atoms with Gasteiger partial charge in [0.05, 0.1) is 0 Å². The van der Waals surface area contributed by atoms with Crippen molar-refractivity contribution in [2.45, 2.75) is 6.18 Å². The summed E-state index contributed by atoms with van der Waals surface area (Å²) in [5.41, 5.74) is 0. The first kappa shape index (κ1) is 7.29. The number of alkyl halides is 3. The summed E-state index contributed by atoms with van der Waals surface area (Å²) in [6.45, 7) is 2.47. The van der Waals surface area contributed by atoms with Crippen LogP contribution in [0.3, 0.4) is 0 Å². The Morgan fingerprint density at radius 1 is 1.50 bits per heavy atom. The van der Waals surface area contributed by atoms with Gasteiger partial charge in [0.15, 0.2) is 0 Å². The van der Waals surface area contributed by atoms with Crippen LogP contribution in [0.4, 0.5) is 13.2 Å². The normalized spacial score (nSPS) is 11.0. The molecular weight excluding hydrogens is 123 g/mol. The summed E-state index contributed by atoms with van der Waals surface area (Å²) in [6.07, 6.45) is -4.53. The fourth-order valence-electron chi connectivity index (χ4n) is 0.0668. The minimum Gasteiger partial charge on any atom is -0.407 e. The first-order chi connectivity index (χ1) is 3.48. The molecule has 0 aromatic carbocycles. The van der Waals surface area contributed by atoms with Gasteiger partial charge in [0, 0.05) is 0 Å². The van der Waals surface area contributed by atoms with Gasteiger partial charge in [-0.15, -0.1) is 0 Å². The van der Waals surface area contributed by atoms with Gasteiger partial charge in [0.25, 0.3) is 0 Å². The van der Waals surface area contributed by atoms with Crippen LogP contribution in [0.1, 0.15) is 0 Å². The van der Waals surface area contributed by atoms with E-state index in [1.165, 1.54) is 0 Å². The molecule has 0 fully saturated rings. The van der Waals surface area contributed by atoms with Crippen molar-refractivity contribution in [1.82, 2.24) is 0 Å². The lowest BCUT2D eigenvalue weighted by atomic mass is 10.6. The average molecular weight is 127 g/mol. The van der Waals surface area contributed by atoms with Crippen molar-refractivity contribution in [3.05, 3.63) is 12.3 Å². The second kappa shape index (κ2) is 2.04. The van der Waals surface area contributed by atoms with Crippen molar-refractivity contribution in [3.8, 4) is 0 Å². The molecule has 0 aliphatic carbocycles. The summed E-state index contributed by atoms with van der Waals surface area (Å²) in [5.74, 6) is 2.75. The lowest BCUT2D eigenvalue weighted by molar-refractivity contribution is -0.130. The van der Waals surface area contributed by atoms with Gasteiger partial charge in [-0.3, -0.25) is 0 Å². The summed E-state index contributed by atoms with van der Waals surface area (Å²) < 4.78 is 33.4. The first-order valence-electron chi connectivity index (χ1n) is 1.61. The van der Waals surface area contributed by atoms with Crippen molar-refractivity contribution in [1.29, 1.82) is 0 Å². The third kappa shape index (κ3) is 1.83. The van der Waals surface area contributed by atoms with E-state index in [1.807, 2.05) is 0 Å². The van der Waals surface area contributed by atoms with Crippen LogP contribution in [-0.4, -0.2) is 6.18 Å². The number of nitrogens with two attached hydrogens (primary N) is 1. The Morgan fingerprint density at radius 2 is 1.88 bits per heavy atom. The summed E-state index contributed by atoms with van der Waals surface area (Å²) in [7, 11) is 0. The third-order valence-electron chi connectivity index (χ3n) is 0.458. The van der Waals surface area contributed by atoms with E-state index in [-0.39, 0.29) is 0 Å². The fourth-order valence-corrected chi connectivity index (χ4v) is 0.0668. The van der Waals surface area contributed by atoms with Crippen LogP contribution in [0.5, 0.6) is 0 Å². The SMILES string of the molecule is C=C(ON)C(F)(F)F. The molecule has 0 aromatic heterocycles. The Bertz CT molecular complexity index is 97.2. The minimum absolute atomic E-state index is 1.39. The number of halogens is 3. The molecule has 8 heavy (non-hydrogen) atoms. The Balaban J connectivity index is 3.82. The molecule has 0 aliphatic heterocycles. The second-order valence-electron chi connectivity index (χ2n) is 1.04. The molecule has 0 bridgehead atoms. The zero-order valence-electron chi connectivity index (χ0n) is 3.83. The molecule has 0 saturated heterocycles. The van der Waals surface area contributed by atoms with E-state index in [4.69, 9.17) is 0 Å². The predicted molar refractivity (Wildman–Crippen MR) is 20.5 cm³/mol. The van der Waals surface area contributed by atoms with Crippen LogP contribution < -0.4 is 5.90 Å². The van der Waals surface area contributed by atoms with E-state index in [9.17, 15) is 13.2 Å². The van der Waals surface area contributed by atoms with Crippen molar-refractivity contribution in [2.75, 3.05) is 0 Å². The van der Waals surface area contributed by atoms with Gasteiger partial charge in [0.2, 0.25) is 5.76 Å². The summed E-state index contributed by atoms with van der Waals surface area (Å²) >= 11 is 0. The van der Waals surface area contributed by atoms with Gasteiger partial charge in [-0.25, -0.2) is 0 Å². The third-order valence-corrected chi connectivity index (χ3v) is 0.458. The van der Waals surface area contributed by atoms with Crippen molar-refractivity contribution in [2.24, 2.45) is 5.90 Å². The molecule has 0 aliphatic rings. The Kier molecular flexibility index (Phi) is 1.86. The van der Waals surface area contributed by atoms with Crippen LogP contribution in [0.25, 0.3) is 0 Å². The van der Waals surface area contributed by atoms with Gasteiger partial charge < -0.3 is 4.84 Å². The van der Waals surface area contributed by atoms with E-state index in [0.29, 0.717) is 0 Å². The van der Waals surface area contributed by atoms with E-state index in [1.54, 1.807) is 0 Å². The van der Waals surface area contributed by atoms with E-state index in [0.717, 1.165) is 0 Å². The number of rotatable bonds is 1. The zero-order valence-corrected chi connectivity index (χ0v) is 3.83. The van der Waals surface area contributed by atoms with Crippen LogP contribution >= 0.6 is 0 Å². The van der Waals surface area contributed by atoms with Crippen molar-refractivity contribution >= 4 is 0 Å². The molecule has 5 heteroatoms. The van der Waals surface area contributed by atoms with Gasteiger partial charge in [0.1, 0.15) is 0 Å². The van der Waals surface area contributed by atoms with Gasteiger partial charge in [-0.1, -0.05) is 0 Å². The molecular formula is C3H4F3NO. The number of hydrogen-bond acceptors (Lipinski definition) is 2. The topological polar surface area (TPSA) is 35.2 Å². The predicted octanol–water partition coefficient (Wildman–Crippen LogP) is 0.953. The molecule has 2 nitrogen and oxygen atoms in total. The monoisotopic (exact) mass is 127 g/mol. The lowest BCUT2D eigenvalue weighted by Crippen LogP contribution is -2.16. The van der Waals surface area contributed by atoms with Crippen LogP contribution in [-0.2, 0) is 4.84 Å². The maximum atomic E-state index is 11.1. The highest BCUT2D eigenvalue weighted by Crippen LogP contribution is 2.22. The van der Waals surface area contributed by atoms with Crippen molar-refractivity contribution in [3.63, 3.8) is 0 Å². The van der Waals surface area contributed by atoms with Crippen LogP contribution in [0, 0.1) is 0 Å². The summed E-state index contributed by atoms with van der Waals surface area (Å²) in [4.78, 5) is 3.30. The highest BCUT2D eigenvalue weighted by Gasteiger charge is 2.33. The smallest absolute Gasteiger partial charge is 0.407 e. The Morgan fingerprint density at radius 3 is 1.88 bits per heavy atom. The molecule has 0 spiro atoms. The molecule has 0 aromatic rings. The molecule has 0 atom stereocenters. The number of allylic oxidation sites excluding steroid dienone is 1. The summed E-state index contributed by atoms with van der Waals surface area (Å²) in [5, 5.41) is 0.